The van der Waals surface area contributed by atoms with E-state index < -0.39 is 0 Å². The van der Waals surface area contributed by atoms with Gasteiger partial charge in [-0.05, 0) is 6.07 Å². The lowest BCUT2D eigenvalue weighted by atomic mass is 10.2. The topological polar surface area (TPSA) is 55.0 Å². The highest BCUT2D eigenvalue weighted by molar-refractivity contribution is 5.85. The summed E-state index contributed by atoms with van der Waals surface area (Å²) >= 11 is 0. The number of hydrogen-bond donors (Lipinski definition) is 1. The van der Waals surface area contributed by atoms with Crippen LogP contribution in [0.2, 0.25) is 0 Å². The van der Waals surface area contributed by atoms with Crippen molar-refractivity contribution in [3.05, 3.63) is 35.0 Å². The Kier molecular flexibility index (Phi) is 1.73. The molecule has 0 radical (unpaired) electrons. The molecular formula is C9H8N2O2. The van der Waals surface area contributed by atoms with Gasteiger partial charge in [-0.25, -0.2) is 0 Å². The minimum Gasteiger partial charge on any atom is -0.495 e. The summed E-state index contributed by atoms with van der Waals surface area (Å²) in [5, 5.41) is 1.32. The second-order valence-corrected chi connectivity index (χ2v) is 2.61. The molecule has 0 spiro atoms. The van der Waals surface area contributed by atoms with Gasteiger partial charge in [0, 0.05) is 24.0 Å². The number of nitrogens with zero attached hydrogens (tertiary/aromatic N) is 1. The molecule has 2 aromatic heterocycles. The van der Waals surface area contributed by atoms with E-state index in [-0.39, 0.29) is 5.56 Å². The first kappa shape index (κ1) is 7.79. The molecule has 4 heteroatoms. The highest BCUT2D eigenvalue weighted by Crippen LogP contribution is 2.19. The van der Waals surface area contributed by atoms with E-state index in [0.29, 0.717) is 11.1 Å². The molecule has 4 nitrogen and oxygen atoms in total. The second-order valence-electron chi connectivity index (χ2n) is 2.61. The third kappa shape index (κ3) is 1.16. The predicted molar refractivity (Wildman–Crippen MR) is 48.9 cm³/mol. The van der Waals surface area contributed by atoms with Gasteiger partial charge in [-0.3, -0.25) is 9.78 Å². The van der Waals surface area contributed by atoms with Crippen molar-refractivity contribution in [1.82, 2.24) is 9.97 Å². The van der Waals surface area contributed by atoms with Gasteiger partial charge < -0.3 is 9.72 Å². The van der Waals surface area contributed by atoms with Gasteiger partial charge in [-0.15, -0.1) is 0 Å². The SMILES string of the molecule is COc1c[nH]c(=O)c2ccncc12. The summed E-state index contributed by atoms with van der Waals surface area (Å²) < 4.78 is 5.07. The zero-order valence-corrected chi connectivity index (χ0v) is 7.07. The molecule has 0 fully saturated rings. The Morgan fingerprint density at radius 3 is 3.08 bits per heavy atom. The maximum atomic E-state index is 11.3. The first-order valence-corrected chi connectivity index (χ1v) is 3.82. The van der Waals surface area contributed by atoms with Crippen LogP contribution in [0.5, 0.6) is 5.75 Å². The maximum absolute atomic E-state index is 11.3. The number of pyridine rings is 2. The molecule has 0 aliphatic heterocycles. The first-order valence-electron chi connectivity index (χ1n) is 3.82. The average Bonchev–Trinajstić information content (AvgIpc) is 2.19. The molecule has 66 valence electrons. The number of rotatable bonds is 1. The summed E-state index contributed by atoms with van der Waals surface area (Å²) in [6.07, 6.45) is 4.73. The van der Waals surface area contributed by atoms with Crippen molar-refractivity contribution >= 4 is 10.8 Å². The van der Waals surface area contributed by atoms with Gasteiger partial charge in [0.25, 0.3) is 5.56 Å². The summed E-state index contributed by atoms with van der Waals surface area (Å²) in [4.78, 5) is 17.8. The zero-order chi connectivity index (χ0) is 9.26. The van der Waals surface area contributed by atoms with E-state index in [1.165, 1.54) is 6.20 Å². The molecule has 1 N–H and O–H groups in total. The third-order valence-corrected chi connectivity index (χ3v) is 1.89. The summed E-state index contributed by atoms with van der Waals surface area (Å²) in [7, 11) is 1.56. The van der Waals surface area contributed by atoms with Crippen molar-refractivity contribution in [2.45, 2.75) is 0 Å². The Labute approximate surface area is 74.2 Å². The van der Waals surface area contributed by atoms with Crippen LogP contribution in [-0.4, -0.2) is 17.1 Å². The Hall–Kier alpha value is -1.84. The lowest BCUT2D eigenvalue weighted by molar-refractivity contribution is 0.418. The number of H-pyrrole nitrogens is 1. The van der Waals surface area contributed by atoms with E-state index in [1.807, 2.05) is 0 Å². The van der Waals surface area contributed by atoms with Crippen LogP contribution >= 0.6 is 0 Å². The normalized spacial score (nSPS) is 10.2. The van der Waals surface area contributed by atoms with Gasteiger partial charge in [0.15, 0.2) is 0 Å². The Bertz CT molecular complexity index is 490. The van der Waals surface area contributed by atoms with Crippen LogP contribution in [0.1, 0.15) is 0 Å². The van der Waals surface area contributed by atoms with Crippen LogP contribution in [0.15, 0.2) is 29.5 Å². The fraction of sp³-hybridized carbons (Fsp3) is 0.111. The fourth-order valence-electron chi connectivity index (χ4n) is 1.24. The zero-order valence-electron chi connectivity index (χ0n) is 7.07. The van der Waals surface area contributed by atoms with Gasteiger partial charge in [0.1, 0.15) is 5.75 Å². The van der Waals surface area contributed by atoms with Gasteiger partial charge in [0.2, 0.25) is 0 Å². The molecule has 2 rings (SSSR count). The van der Waals surface area contributed by atoms with E-state index in [2.05, 4.69) is 9.97 Å². The quantitative estimate of drug-likeness (QED) is 0.703. The Balaban J connectivity index is 2.93. The highest BCUT2D eigenvalue weighted by atomic mass is 16.5. The largest absolute Gasteiger partial charge is 0.495 e. The number of ether oxygens (including phenoxy) is 1. The van der Waals surface area contributed by atoms with Crippen LogP contribution in [0.25, 0.3) is 10.8 Å². The second kappa shape index (κ2) is 2.90. The molecule has 0 unspecified atom stereocenters. The molecule has 0 saturated heterocycles. The van der Waals surface area contributed by atoms with E-state index in [1.54, 1.807) is 25.6 Å². The average molecular weight is 176 g/mol. The number of aromatic amines is 1. The van der Waals surface area contributed by atoms with Crippen LogP contribution in [0, 0.1) is 0 Å². The highest BCUT2D eigenvalue weighted by Gasteiger charge is 2.03. The number of aromatic nitrogens is 2. The molecule has 0 saturated carbocycles. The first-order chi connectivity index (χ1) is 6.33. The molecular weight excluding hydrogens is 168 g/mol. The van der Waals surface area contributed by atoms with E-state index in [0.717, 1.165) is 5.39 Å². The number of methoxy groups -OCH3 is 1. The number of fused-ring (bicyclic) bond motifs is 1. The van der Waals surface area contributed by atoms with Crippen LogP contribution in [0.3, 0.4) is 0 Å². The van der Waals surface area contributed by atoms with Crippen molar-refractivity contribution in [3.8, 4) is 5.75 Å². The van der Waals surface area contributed by atoms with Crippen molar-refractivity contribution in [3.63, 3.8) is 0 Å². The van der Waals surface area contributed by atoms with E-state index in [9.17, 15) is 4.79 Å². The van der Waals surface area contributed by atoms with Crippen molar-refractivity contribution in [2.24, 2.45) is 0 Å². The van der Waals surface area contributed by atoms with Crippen LogP contribution in [-0.2, 0) is 0 Å². The number of hydrogen-bond acceptors (Lipinski definition) is 3. The van der Waals surface area contributed by atoms with Gasteiger partial charge in [0.05, 0.1) is 12.5 Å². The minimum atomic E-state index is -0.127. The summed E-state index contributed by atoms with van der Waals surface area (Å²) in [6.45, 7) is 0. The smallest absolute Gasteiger partial charge is 0.256 e. The Morgan fingerprint density at radius 2 is 2.31 bits per heavy atom. The van der Waals surface area contributed by atoms with Crippen molar-refractivity contribution in [2.75, 3.05) is 7.11 Å². The lowest BCUT2D eigenvalue weighted by Crippen LogP contribution is -2.05. The standard InChI is InChI=1S/C9H8N2O2/c1-13-8-5-11-9(12)6-2-3-10-4-7(6)8/h2-5H,1H3,(H,11,12). The fourth-order valence-corrected chi connectivity index (χ4v) is 1.24. The van der Waals surface area contributed by atoms with E-state index in [4.69, 9.17) is 4.74 Å². The van der Waals surface area contributed by atoms with Crippen LogP contribution in [0.4, 0.5) is 0 Å². The molecule has 0 bridgehead atoms. The Morgan fingerprint density at radius 1 is 1.46 bits per heavy atom. The molecule has 0 amide bonds. The van der Waals surface area contributed by atoms with Crippen molar-refractivity contribution in [1.29, 1.82) is 0 Å². The van der Waals surface area contributed by atoms with Gasteiger partial charge >= 0.3 is 0 Å². The monoisotopic (exact) mass is 176 g/mol. The lowest BCUT2D eigenvalue weighted by Gasteiger charge is -2.02. The maximum Gasteiger partial charge on any atom is 0.256 e. The minimum absolute atomic E-state index is 0.127. The number of nitrogens with one attached hydrogen (secondary N) is 1. The molecule has 0 aromatic carbocycles. The molecule has 0 aliphatic carbocycles. The predicted octanol–water partition coefficient (Wildman–Crippen LogP) is 0.932. The van der Waals surface area contributed by atoms with Crippen molar-refractivity contribution < 1.29 is 4.74 Å². The molecule has 13 heavy (non-hydrogen) atoms. The van der Waals surface area contributed by atoms with Gasteiger partial charge in [-0.1, -0.05) is 0 Å². The van der Waals surface area contributed by atoms with Crippen LogP contribution < -0.4 is 10.3 Å². The summed E-state index contributed by atoms with van der Waals surface area (Å²) in [6, 6.07) is 1.66. The molecule has 2 aromatic rings. The third-order valence-electron chi connectivity index (χ3n) is 1.89. The summed E-state index contributed by atoms with van der Waals surface area (Å²) in [5.41, 5.74) is -0.127. The van der Waals surface area contributed by atoms with E-state index >= 15 is 0 Å². The summed E-state index contributed by atoms with van der Waals surface area (Å²) in [5.74, 6) is 0.628. The molecule has 2 heterocycles. The molecule has 0 aliphatic rings. The molecule has 0 atom stereocenters. The van der Waals surface area contributed by atoms with Gasteiger partial charge in [-0.2, -0.15) is 0 Å².